The summed E-state index contributed by atoms with van der Waals surface area (Å²) < 4.78 is 20.5. The summed E-state index contributed by atoms with van der Waals surface area (Å²) in [6, 6.07) is 13.5. The predicted octanol–water partition coefficient (Wildman–Crippen LogP) is 9.06. The fraction of sp³-hybridized carbons (Fsp3) is 0.484. The second-order valence-electron chi connectivity index (χ2n) is 9.68. The average molecular weight is 477 g/mol. The van der Waals surface area contributed by atoms with Gasteiger partial charge in [-0.05, 0) is 54.9 Å². The van der Waals surface area contributed by atoms with Crippen molar-refractivity contribution in [3.63, 3.8) is 0 Å². The van der Waals surface area contributed by atoms with Gasteiger partial charge in [0, 0.05) is 24.0 Å². The molecule has 188 valence electrons. The van der Waals surface area contributed by atoms with E-state index in [9.17, 15) is 4.39 Å². The lowest BCUT2D eigenvalue weighted by molar-refractivity contribution is 0.297. The number of nitrogens with zero attached hydrogens (tertiary/aromatic N) is 2. The standard InChI is InChI=1S/C31H41FN2O/c1-4-6-7-8-13-25-14-16-26(17-15-25)27-22-33-31(34-23-27)29-19-18-28(21-30(29)32)35-20-10-9-12-24(3)11-5-2/h14-19,21-24H,4-13,20H2,1-3H3. The molecule has 0 aliphatic carbocycles. The van der Waals surface area contributed by atoms with Crippen molar-refractivity contribution >= 4 is 0 Å². The molecule has 0 bridgehead atoms. The Morgan fingerprint density at radius 2 is 1.57 bits per heavy atom. The third-order valence-corrected chi connectivity index (χ3v) is 6.58. The molecule has 0 radical (unpaired) electrons. The fourth-order valence-corrected chi connectivity index (χ4v) is 4.42. The first-order valence-corrected chi connectivity index (χ1v) is 13.4. The van der Waals surface area contributed by atoms with Crippen molar-refractivity contribution in [2.45, 2.75) is 85.0 Å². The van der Waals surface area contributed by atoms with Crippen LogP contribution in [0.4, 0.5) is 4.39 Å². The van der Waals surface area contributed by atoms with Gasteiger partial charge in [0.1, 0.15) is 11.6 Å². The lowest BCUT2D eigenvalue weighted by Gasteiger charge is -2.11. The highest BCUT2D eigenvalue weighted by atomic mass is 19.1. The summed E-state index contributed by atoms with van der Waals surface area (Å²) >= 11 is 0. The van der Waals surface area contributed by atoms with Gasteiger partial charge in [0.25, 0.3) is 0 Å². The second-order valence-corrected chi connectivity index (χ2v) is 9.68. The van der Waals surface area contributed by atoms with Crippen molar-refractivity contribution < 1.29 is 9.13 Å². The fourth-order valence-electron chi connectivity index (χ4n) is 4.42. The smallest absolute Gasteiger partial charge is 0.162 e. The van der Waals surface area contributed by atoms with Gasteiger partial charge in [0.2, 0.25) is 0 Å². The zero-order valence-corrected chi connectivity index (χ0v) is 21.7. The van der Waals surface area contributed by atoms with Crippen LogP contribution >= 0.6 is 0 Å². The van der Waals surface area contributed by atoms with Crippen LogP contribution in [-0.2, 0) is 6.42 Å². The van der Waals surface area contributed by atoms with E-state index in [0.29, 0.717) is 23.7 Å². The van der Waals surface area contributed by atoms with Crippen LogP contribution in [0.25, 0.3) is 22.5 Å². The highest BCUT2D eigenvalue weighted by Gasteiger charge is 2.10. The van der Waals surface area contributed by atoms with E-state index < -0.39 is 0 Å². The Kier molecular flexibility index (Phi) is 11.2. The van der Waals surface area contributed by atoms with Crippen LogP contribution in [0, 0.1) is 11.7 Å². The van der Waals surface area contributed by atoms with E-state index in [4.69, 9.17) is 4.74 Å². The van der Waals surface area contributed by atoms with Gasteiger partial charge >= 0.3 is 0 Å². The van der Waals surface area contributed by atoms with Crippen LogP contribution < -0.4 is 4.74 Å². The summed E-state index contributed by atoms with van der Waals surface area (Å²) in [6.45, 7) is 7.38. The number of rotatable bonds is 15. The molecule has 0 aliphatic heterocycles. The minimum Gasteiger partial charge on any atom is -0.493 e. The SMILES string of the molecule is CCCCCCc1ccc(-c2cnc(-c3ccc(OCCCCC(C)CCC)cc3F)nc2)cc1. The van der Waals surface area contributed by atoms with Crippen LogP contribution in [0.2, 0.25) is 0 Å². The third kappa shape index (κ3) is 8.76. The Morgan fingerprint density at radius 3 is 2.26 bits per heavy atom. The second kappa shape index (κ2) is 14.6. The molecule has 1 aromatic heterocycles. The molecule has 0 aliphatic rings. The van der Waals surface area contributed by atoms with Crippen LogP contribution in [0.15, 0.2) is 54.9 Å². The van der Waals surface area contributed by atoms with Crippen LogP contribution in [0.5, 0.6) is 5.75 Å². The maximum atomic E-state index is 14.8. The Hall–Kier alpha value is -2.75. The summed E-state index contributed by atoms with van der Waals surface area (Å²) in [4.78, 5) is 8.87. The number of unbranched alkanes of at least 4 members (excludes halogenated alkanes) is 4. The van der Waals surface area contributed by atoms with Crippen molar-refractivity contribution in [3.8, 4) is 28.3 Å². The number of ether oxygens (including phenoxy) is 1. The average Bonchev–Trinajstić information content (AvgIpc) is 2.87. The third-order valence-electron chi connectivity index (χ3n) is 6.58. The first kappa shape index (κ1) is 26.8. The van der Waals surface area contributed by atoms with E-state index in [1.807, 2.05) is 0 Å². The van der Waals surface area contributed by atoms with Gasteiger partial charge in [-0.15, -0.1) is 0 Å². The molecule has 1 atom stereocenters. The highest BCUT2D eigenvalue weighted by molar-refractivity contribution is 5.64. The molecule has 1 heterocycles. The highest BCUT2D eigenvalue weighted by Crippen LogP contribution is 2.26. The number of hydrogen-bond donors (Lipinski definition) is 0. The van der Waals surface area contributed by atoms with E-state index in [-0.39, 0.29) is 5.82 Å². The van der Waals surface area contributed by atoms with Gasteiger partial charge in [-0.3, -0.25) is 0 Å². The number of halogens is 1. The summed E-state index contributed by atoms with van der Waals surface area (Å²) in [5.74, 6) is 1.34. The van der Waals surface area contributed by atoms with Gasteiger partial charge in [-0.25, -0.2) is 14.4 Å². The minimum atomic E-state index is -0.362. The molecule has 0 saturated heterocycles. The molecule has 1 unspecified atom stereocenters. The van der Waals surface area contributed by atoms with Crippen LogP contribution in [-0.4, -0.2) is 16.6 Å². The first-order valence-electron chi connectivity index (χ1n) is 13.4. The quantitative estimate of drug-likeness (QED) is 0.205. The monoisotopic (exact) mass is 476 g/mol. The largest absolute Gasteiger partial charge is 0.493 e. The molecule has 3 aromatic rings. The number of benzene rings is 2. The normalized spacial score (nSPS) is 12.0. The maximum Gasteiger partial charge on any atom is 0.162 e. The Balaban J connectivity index is 1.52. The van der Waals surface area contributed by atoms with Crippen LogP contribution in [0.3, 0.4) is 0 Å². The van der Waals surface area contributed by atoms with Crippen molar-refractivity contribution in [1.82, 2.24) is 9.97 Å². The topological polar surface area (TPSA) is 35.0 Å². The van der Waals surface area contributed by atoms with E-state index in [1.165, 1.54) is 56.6 Å². The molecule has 35 heavy (non-hydrogen) atoms. The molecule has 2 aromatic carbocycles. The molecule has 3 nitrogen and oxygen atoms in total. The summed E-state index contributed by atoms with van der Waals surface area (Å²) in [7, 11) is 0. The molecule has 0 fully saturated rings. The van der Waals surface area contributed by atoms with Crippen molar-refractivity contribution in [1.29, 1.82) is 0 Å². The molecule has 0 spiro atoms. The molecular formula is C31H41FN2O. The van der Waals surface area contributed by atoms with E-state index >= 15 is 0 Å². The Labute approximate surface area is 211 Å². The number of aryl methyl sites for hydroxylation is 1. The lowest BCUT2D eigenvalue weighted by atomic mass is 9.99. The zero-order chi connectivity index (χ0) is 24.9. The predicted molar refractivity (Wildman–Crippen MR) is 144 cm³/mol. The van der Waals surface area contributed by atoms with E-state index in [0.717, 1.165) is 36.3 Å². The molecule has 0 amide bonds. The van der Waals surface area contributed by atoms with Crippen LogP contribution in [0.1, 0.15) is 84.1 Å². The van der Waals surface area contributed by atoms with E-state index in [1.54, 1.807) is 24.5 Å². The number of aromatic nitrogens is 2. The molecule has 0 N–H and O–H groups in total. The number of hydrogen-bond acceptors (Lipinski definition) is 3. The van der Waals surface area contributed by atoms with Gasteiger partial charge in [-0.1, -0.05) is 83.6 Å². The van der Waals surface area contributed by atoms with Gasteiger partial charge in [0.05, 0.1) is 12.2 Å². The molecule has 0 saturated carbocycles. The Bertz CT molecular complexity index is 1000. The van der Waals surface area contributed by atoms with Crippen molar-refractivity contribution in [3.05, 3.63) is 66.2 Å². The summed E-state index contributed by atoms with van der Waals surface area (Å²) in [6.07, 6.45) is 15.6. The summed E-state index contributed by atoms with van der Waals surface area (Å²) in [5.41, 5.74) is 3.75. The lowest BCUT2D eigenvalue weighted by Crippen LogP contribution is -2.01. The molecule has 4 heteroatoms. The molecule has 3 rings (SSSR count). The van der Waals surface area contributed by atoms with Crippen molar-refractivity contribution in [2.24, 2.45) is 5.92 Å². The van der Waals surface area contributed by atoms with E-state index in [2.05, 4.69) is 55.0 Å². The Morgan fingerprint density at radius 1 is 0.800 bits per heavy atom. The van der Waals surface area contributed by atoms with Gasteiger partial charge in [0.15, 0.2) is 5.82 Å². The minimum absolute atomic E-state index is 0.362. The summed E-state index contributed by atoms with van der Waals surface area (Å²) in [5, 5.41) is 0. The van der Waals surface area contributed by atoms with Gasteiger partial charge < -0.3 is 4.74 Å². The van der Waals surface area contributed by atoms with Gasteiger partial charge in [-0.2, -0.15) is 0 Å². The zero-order valence-electron chi connectivity index (χ0n) is 21.7. The maximum absolute atomic E-state index is 14.8. The first-order chi connectivity index (χ1) is 17.1. The van der Waals surface area contributed by atoms with Crippen molar-refractivity contribution in [2.75, 3.05) is 6.61 Å². The molecular weight excluding hydrogens is 435 g/mol.